The maximum Gasteiger partial charge on any atom is 0.373 e. The molecule has 0 saturated carbocycles. The number of hydrogen-bond donors (Lipinski definition) is 3. The quantitative estimate of drug-likeness (QED) is 0.488. The van der Waals surface area contributed by atoms with Crippen LogP contribution in [0, 0.1) is 0 Å². The van der Waals surface area contributed by atoms with Crippen LogP contribution in [0.25, 0.3) is 0 Å². The average Bonchev–Trinajstić information content (AvgIpc) is 2.56. The number of allylic oxidation sites excluding steroid dienone is 4. The van der Waals surface area contributed by atoms with Crippen LogP contribution in [0.2, 0.25) is 0 Å². The van der Waals surface area contributed by atoms with Crippen molar-refractivity contribution in [1.29, 1.82) is 0 Å². The molecule has 0 aromatic rings. The normalized spacial score (nSPS) is 7.18. The molecule has 9 heteroatoms. The van der Waals surface area contributed by atoms with E-state index in [-0.39, 0.29) is 12.3 Å². The van der Waals surface area contributed by atoms with Gasteiger partial charge in [-0.05, 0) is 0 Å². The Hall–Kier alpha value is -3.38. The van der Waals surface area contributed by atoms with E-state index in [0.29, 0.717) is 0 Å². The zero-order chi connectivity index (χ0) is 20.8. The summed E-state index contributed by atoms with van der Waals surface area (Å²) < 4.78 is 10.0. The summed E-state index contributed by atoms with van der Waals surface area (Å²) in [5, 5.41) is 22.8. The number of carboxylic acids is 2. The molecule has 0 aromatic carbocycles. The van der Waals surface area contributed by atoms with Gasteiger partial charge < -0.3 is 15.3 Å². The molecule has 0 unspecified atom stereocenters. The number of carboxylic acid groups (broad SMARTS) is 2. The van der Waals surface area contributed by atoms with Gasteiger partial charge in [0.15, 0.2) is 0 Å². The summed E-state index contributed by atoms with van der Waals surface area (Å²) in [6.07, 6.45) is 8.09. The number of hydrogen-bond acceptors (Lipinski definition) is 7. The molecule has 0 bridgehead atoms. The minimum atomic E-state index is -0.945. The van der Waals surface area contributed by atoms with Gasteiger partial charge >= 0.3 is 24.2 Å². The largest absolute Gasteiger partial charge is 0.478 e. The Bertz CT molecular complexity index is 377. The molecule has 3 N–H and O–H groups in total. The number of aliphatic carboxylic acids is 2. The van der Waals surface area contributed by atoms with Crippen molar-refractivity contribution in [3.8, 4) is 0 Å². The van der Waals surface area contributed by atoms with Crippen LogP contribution in [0.3, 0.4) is 0 Å². The number of aliphatic hydroxyl groups excluding tert-OH is 1. The van der Waals surface area contributed by atoms with Gasteiger partial charge in [-0.3, -0.25) is 0 Å². The van der Waals surface area contributed by atoms with Gasteiger partial charge in [0.2, 0.25) is 0 Å². The van der Waals surface area contributed by atoms with Gasteiger partial charge in [-0.15, -0.1) is 0 Å². The van der Waals surface area contributed by atoms with Gasteiger partial charge in [-0.2, -0.15) is 19.2 Å². The molecule has 0 atom stereocenters. The second kappa shape index (κ2) is 43.2. The lowest BCUT2D eigenvalue weighted by molar-refractivity contribution is -0.193. The lowest BCUT2D eigenvalue weighted by atomic mass is 10.5. The van der Waals surface area contributed by atoms with E-state index in [9.17, 15) is 9.59 Å². The summed E-state index contributed by atoms with van der Waals surface area (Å²) >= 11 is 0. The van der Waals surface area contributed by atoms with Gasteiger partial charge in [-0.1, -0.05) is 37.5 Å². The molecule has 9 nitrogen and oxygen atoms in total. The summed E-state index contributed by atoms with van der Waals surface area (Å²) in [5.74, 6) is -1.89. The predicted octanol–water partition coefficient (Wildman–Crippen LogP) is 0.314. The Morgan fingerprint density at radius 1 is 0.909 bits per heavy atom. The van der Waals surface area contributed by atoms with Gasteiger partial charge in [0.1, 0.15) is 0 Å². The van der Waals surface area contributed by atoms with Crippen molar-refractivity contribution in [2.45, 2.75) is 0 Å². The first-order valence-electron chi connectivity index (χ1n) is 5.85. The van der Waals surface area contributed by atoms with Crippen LogP contribution in [0.4, 0.5) is 0 Å². The number of aliphatic hydroxyl groups is 1. The SMILES string of the molecule is C=C/C=C/C(=O)O.C=C/C=C/C(=O)O.CO.O=C=O.O=C=O.[2H][3H]. The molecule has 22 heavy (non-hydrogen) atoms. The van der Waals surface area contributed by atoms with Crippen molar-refractivity contribution in [2.75, 3.05) is 7.11 Å². The first kappa shape index (κ1) is 27.0. The van der Waals surface area contributed by atoms with Crippen molar-refractivity contribution in [2.24, 2.45) is 0 Å². The third-order valence-corrected chi connectivity index (χ3v) is 0.750. The lowest BCUT2D eigenvalue weighted by Crippen LogP contribution is -1.83. The first-order chi connectivity index (χ1) is 11.4. The summed E-state index contributed by atoms with van der Waals surface area (Å²) in [7, 11) is 1.00. The fourth-order valence-corrected chi connectivity index (χ4v) is 0.301. The molecule has 124 valence electrons. The standard InChI is InChI=1S/2C5H6O2.2CO2.CH4O.H2/c2*1-2-3-4-5(6)7;2*2-1-3;1-2;/h2*2-4H,1H2,(H,6,7);;;2H,1H3;1H/b2*4-3+;;;;/i;;;;;1+2D. The van der Waals surface area contributed by atoms with E-state index in [0.717, 1.165) is 19.3 Å². The molecule has 0 fully saturated rings. The molecule has 0 heterocycles. The number of rotatable bonds is 4. The second-order valence-electron chi connectivity index (χ2n) is 2.03. The van der Waals surface area contributed by atoms with Gasteiger partial charge in [0.05, 0.1) is 0 Å². The highest BCUT2D eigenvalue weighted by Crippen LogP contribution is 1.70. The smallest absolute Gasteiger partial charge is 0.373 e. The van der Waals surface area contributed by atoms with Crippen LogP contribution in [-0.4, -0.2) is 46.7 Å². The number of carbonyl (C=O) groups excluding carboxylic acids is 4. The van der Waals surface area contributed by atoms with E-state index in [1.54, 1.807) is 0 Å². The average molecular weight is 321 g/mol. The minimum absolute atomic E-state index is 0.250. The van der Waals surface area contributed by atoms with Crippen molar-refractivity contribution >= 4 is 24.2 Å². The highest BCUT2D eigenvalue weighted by molar-refractivity contribution is 5.80. The van der Waals surface area contributed by atoms with E-state index in [2.05, 4.69) is 13.2 Å². The molecular formula is C13H18O9. The van der Waals surface area contributed by atoms with Crippen LogP contribution >= 0.6 is 0 Å². The van der Waals surface area contributed by atoms with Crippen molar-refractivity contribution in [1.82, 2.24) is 0 Å². The fraction of sp³-hybridized carbons (Fsp3) is 0.0769. The van der Waals surface area contributed by atoms with Crippen molar-refractivity contribution < 1.29 is 47.1 Å². The van der Waals surface area contributed by atoms with Crippen LogP contribution in [0.1, 0.15) is 2.97 Å². The third-order valence-electron chi connectivity index (χ3n) is 0.750. The highest BCUT2D eigenvalue weighted by atomic mass is 16.4. The molecule has 0 radical (unpaired) electrons. The Labute approximate surface area is 129 Å². The van der Waals surface area contributed by atoms with E-state index in [1.807, 2.05) is 0 Å². The third kappa shape index (κ3) is 190. The molecule has 0 spiro atoms. The van der Waals surface area contributed by atoms with Crippen LogP contribution < -0.4 is 0 Å². The van der Waals surface area contributed by atoms with Crippen LogP contribution in [-0.2, 0) is 28.8 Å². The van der Waals surface area contributed by atoms with Crippen LogP contribution in [0.15, 0.2) is 49.6 Å². The van der Waals surface area contributed by atoms with Gasteiger partial charge in [0.25, 0.3) is 0 Å². The predicted molar refractivity (Wildman–Crippen MR) is 74.2 cm³/mol. The van der Waals surface area contributed by atoms with Gasteiger partial charge in [0, 0.05) is 22.2 Å². The monoisotopic (exact) mass is 321 g/mol. The van der Waals surface area contributed by atoms with E-state index >= 15 is 0 Å². The van der Waals surface area contributed by atoms with E-state index < -0.39 is 11.9 Å². The molecule has 0 aliphatic heterocycles. The van der Waals surface area contributed by atoms with E-state index in [4.69, 9.17) is 37.5 Å². The fourth-order valence-electron chi connectivity index (χ4n) is 0.301. The van der Waals surface area contributed by atoms with Crippen LogP contribution in [0.5, 0.6) is 0 Å². The number of carbonyl (C=O) groups is 2. The Morgan fingerprint density at radius 3 is 1.14 bits per heavy atom. The Balaban J connectivity index is -0.0000000444. The summed E-state index contributed by atoms with van der Waals surface area (Å²) in [5.41, 5.74) is 0. The Morgan fingerprint density at radius 2 is 1.09 bits per heavy atom. The maximum atomic E-state index is 9.62. The molecule has 0 saturated heterocycles. The molecule has 0 aromatic heterocycles. The zero-order valence-electron chi connectivity index (χ0n) is 13.7. The second-order valence-corrected chi connectivity index (χ2v) is 2.03. The Kier molecular flexibility index (Phi) is 53.1. The minimum Gasteiger partial charge on any atom is -0.478 e. The molecule has 0 aliphatic rings. The summed E-state index contributed by atoms with van der Waals surface area (Å²) in [6.45, 7) is 6.56. The van der Waals surface area contributed by atoms with Gasteiger partial charge in [-0.25, -0.2) is 9.59 Å². The summed E-state index contributed by atoms with van der Waals surface area (Å²) in [6, 6.07) is 0. The zero-order valence-corrected chi connectivity index (χ0v) is 11.7. The highest BCUT2D eigenvalue weighted by Gasteiger charge is 1.78. The first-order valence-corrected chi connectivity index (χ1v) is 4.85. The molecule has 0 rings (SSSR count). The summed E-state index contributed by atoms with van der Waals surface area (Å²) in [4.78, 5) is 51.7. The van der Waals surface area contributed by atoms with E-state index in [1.165, 1.54) is 24.3 Å². The van der Waals surface area contributed by atoms with Crippen molar-refractivity contribution in [3.05, 3.63) is 49.6 Å². The van der Waals surface area contributed by atoms with Crippen molar-refractivity contribution in [3.63, 3.8) is 0 Å². The molecular weight excluding hydrogens is 300 g/mol. The molecule has 0 amide bonds. The maximum absolute atomic E-state index is 9.62. The molecule has 0 aliphatic carbocycles. The lowest BCUT2D eigenvalue weighted by Gasteiger charge is -1.70. The topological polar surface area (TPSA) is 163 Å².